The predicted molar refractivity (Wildman–Crippen MR) is 138 cm³/mol. The Morgan fingerprint density at radius 1 is 0.973 bits per heavy atom. The van der Waals surface area contributed by atoms with Crippen molar-refractivity contribution in [2.75, 3.05) is 13.1 Å². The van der Waals surface area contributed by atoms with Gasteiger partial charge in [0.15, 0.2) is 0 Å². The molecule has 0 radical (unpaired) electrons. The first-order valence-corrected chi connectivity index (χ1v) is 12.9. The number of hydrogen-bond acceptors (Lipinski definition) is 3. The van der Waals surface area contributed by atoms with Crippen molar-refractivity contribution >= 4 is 11.8 Å². The van der Waals surface area contributed by atoms with Crippen LogP contribution in [0, 0.1) is 13.8 Å². The Morgan fingerprint density at radius 3 is 2.32 bits per heavy atom. The van der Waals surface area contributed by atoms with E-state index in [-0.39, 0.29) is 25.2 Å². The maximum absolute atomic E-state index is 13.5. The summed E-state index contributed by atoms with van der Waals surface area (Å²) in [5.74, 6) is -3.49. The molecule has 0 saturated carbocycles. The van der Waals surface area contributed by atoms with Gasteiger partial charge in [0.2, 0.25) is 0 Å². The second-order valence-corrected chi connectivity index (χ2v) is 10.4. The van der Waals surface area contributed by atoms with Crippen LogP contribution in [0.5, 0.6) is 0 Å². The number of nitrogens with one attached hydrogen (secondary N) is 1. The van der Waals surface area contributed by atoms with Crippen LogP contribution in [-0.2, 0) is 9.59 Å². The summed E-state index contributed by atoms with van der Waals surface area (Å²) in [5.41, 5.74) is 6.49. The first kappa shape index (κ1) is 25.1. The molecule has 2 aromatic carbocycles. The highest BCUT2D eigenvalue weighted by molar-refractivity contribution is 6.35. The average molecular weight is 507 g/mol. The van der Waals surface area contributed by atoms with Crippen molar-refractivity contribution in [3.63, 3.8) is 0 Å². The summed E-state index contributed by atoms with van der Waals surface area (Å²) >= 11 is 0. The van der Waals surface area contributed by atoms with Crippen LogP contribution in [-0.4, -0.2) is 56.6 Å². The molecule has 8 heteroatoms. The molecule has 194 valence electrons. The molecule has 5 rings (SSSR count). The van der Waals surface area contributed by atoms with Gasteiger partial charge < -0.3 is 14.8 Å². The van der Waals surface area contributed by atoms with E-state index in [0.29, 0.717) is 12.2 Å². The lowest BCUT2D eigenvalue weighted by atomic mass is 9.97. The van der Waals surface area contributed by atoms with E-state index in [9.17, 15) is 18.4 Å². The lowest BCUT2D eigenvalue weighted by Crippen LogP contribution is -2.51. The molecule has 6 nitrogen and oxygen atoms in total. The average Bonchev–Trinajstić information content (AvgIpc) is 3.50. The van der Waals surface area contributed by atoms with E-state index in [0.717, 1.165) is 23.2 Å². The van der Waals surface area contributed by atoms with E-state index in [4.69, 9.17) is 4.98 Å². The number of likely N-dealkylation sites (tertiary alicyclic amines) is 2. The minimum atomic E-state index is -2.77. The predicted octanol–water partition coefficient (Wildman–Crippen LogP) is 5.67. The van der Waals surface area contributed by atoms with Crippen LogP contribution in [0.2, 0.25) is 0 Å². The van der Waals surface area contributed by atoms with Gasteiger partial charge in [0, 0.05) is 43.7 Å². The normalized spacial score (nSPS) is 21.3. The van der Waals surface area contributed by atoms with E-state index < -0.39 is 30.6 Å². The fourth-order valence-corrected chi connectivity index (χ4v) is 5.49. The van der Waals surface area contributed by atoms with Crippen molar-refractivity contribution in [3.05, 3.63) is 65.6 Å². The van der Waals surface area contributed by atoms with Gasteiger partial charge in [0.1, 0.15) is 5.82 Å². The molecule has 0 aliphatic carbocycles. The van der Waals surface area contributed by atoms with E-state index >= 15 is 0 Å². The highest BCUT2D eigenvalue weighted by Crippen LogP contribution is 2.36. The summed E-state index contributed by atoms with van der Waals surface area (Å²) in [5, 5.41) is 0. The number of piperidine rings is 1. The molecule has 37 heavy (non-hydrogen) atoms. The van der Waals surface area contributed by atoms with Crippen molar-refractivity contribution in [2.24, 2.45) is 0 Å². The Kier molecular flexibility index (Phi) is 6.60. The lowest BCUT2D eigenvalue weighted by Gasteiger charge is -2.34. The molecule has 2 amide bonds. The van der Waals surface area contributed by atoms with E-state index in [1.54, 1.807) is 4.90 Å². The number of carbonyl (C=O) groups is 2. The Morgan fingerprint density at radius 2 is 1.65 bits per heavy atom. The van der Waals surface area contributed by atoms with Gasteiger partial charge in [0.25, 0.3) is 5.92 Å². The first-order valence-electron chi connectivity index (χ1n) is 12.9. The molecule has 0 bridgehead atoms. The minimum Gasteiger partial charge on any atom is -0.346 e. The second kappa shape index (κ2) is 9.72. The van der Waals surface area contributed by atoms with Crippen LogP contribution >= 0.6 is 0 Å². The number of rotatable bonds is 3. The van der Waals surface area contributed by atoms with Gasteiger partial charge in [-0.2, -0.15) is 0 Å². The van der Waals surface area contributed by atoms with Gasteiger partial charge in [-0.05, 0) is 50.3 Å². The molecule has 1 unspecified atom stereocenters. The molecule has 2 fully saturated rings. The topological polar surface area (TPSA) is 69.3 Å². The largest absolute Gasteiger partial charge is 0.346 e. The zero-order valence-corrected chi connectivity index (χ0v) is 21.4. The number of hydrogen-bond donors (Lipinski definition) is 1. The van der Waals surface area contributed by atoms with Crippen molar-refractivity contribution in [3.8, 4) is 22.4 Å². The number of halogens is 2. The first-order chi connectivity index (χ1) is 17.6. The highest BCUT2D eigenvalue weighted by atomic mass is 19.3. The summed E-state index contributed by atoms with van der Waals surface area (Å²) in [6.45, 7) is 5.89. The van der Waals surface area contributed by atoms with E-state index in [1.807, 2.05) is 25.3 Å². The van der Waals surface area contributed by atoms with Crippen molar-refractivity contribution in [1.29, 1.82) is 0 Å². The Balaban J connectivity index is 1.32. The number of aryl methyl sites for hydroxylation is 2. The standard InChI is InChI=1S/C29H32F2N4O2/c1-18-4-10-23(19(2)16-18)21-6-8-22(9-7-21)24-17-32-26(33-24)25-11-5-20(3)35(25)28(37)27(36)34-14-12-29(30,31)13-15-34/h4,6-10,16-17,20,25H,5,11-15H2,1-3H3,(H,32,33)/t20-,25?/m0/s1. The molecule has 1 N–H and O–H groups in total. The fraction of sp³-hybridized carbons (Fsp3) is 0.414. The molecular weight excluding hydrogens is 474 g/mol. The van der Waals surface area contributed by atoms with Crippen molar-refractivity contribution < 1.29 is 18.4 Å². The quantitative estimate of drug-likeness (QED) is 0.466. The summed E-state index contributed by atoms with van der Waals surface area (Å²) in [7, 11) is 0. The number of nitrogens with zero attached hydrogens (tertiary/aromatic N) is 3. The van der Waals surface area contributed by atoms with Gasteiger partial charge in [-0.15, -0.1) is 0 Å². The summed E-state index contributed by atoms with van der Waals surface area (Å²) < 4.78 is 27.1. The van der Waals surface area contributed by atoms with Crippen LogP contribution in [0.3, 0.4) is 0 Å². The molecule has 2 saturated heterocycles. The monoisotopic (exact) mass is 506 g/mol. The van der Waals surface area contributed by atoms with Gasteiger partial charge in [0.05, 0.1) is 11.7 Å². The molecule has 2 atom stereocenters. The molecule has 2 aliphatic rings. The number of aromatic amines is 1. The van der Waals surface area contributed by atoms with E-state index in [1.165, 1.54) is 21.6 Å². The van der Waals surface area contributed by atoms with Gasteiger partial charge in [-0.25, -0.2) is 13.8 Å². The SMILES string of the molecule is Cc1ccc(-c2ccc(-c3c[nH]c(C4CC[C@H](C)N4C(=O)C(=O)N4CCC(F)(F)CC4)n3)cc2)c(C)c1. The van der Waals surface area contributed by atoms with Crippen LogP contribution < -0.4 is 0 Å². The number of aromatic nitrogens is 2. The summed E-state index contributed by atoms with van der Waals surface area (Å²) in [6.07, 6.45) is 2.42. The fourth-order valence-electron chi connectivity index (χ4n) is 5.49. The maximum Gasteiger partial charge on any atom is 0.312 e. The number of H-pyrrole nitrogens is 1. The molecule has 3 heterocycles. The van der Waals surface area contributed by atoms with Crippen molar-refractivity contribution in [1.82, 2.24) is 19.8 Å². The zero-order valence-electron chi connectivity index (χ0n) is 21.4. The van der Waals surface area contributed by atoms with Crippen molar-refractivity contribution in [2.45, 2.75) is 64.5 Å². The van der Waals surface area contributed by atoms with Gasteiger partial charge in [-0.1, -0.05) is 48.0 Å². The van der Waals surface area contributed by atoms with Crippen LogP contribution in [0.25, 0.3) is 22.4 Å². The van der Waals surface area contributed by atoms with Gasteiger partial charge in [-0.3, -0.25) is 9.59 Å². The Bertz CT molecular complexity index is 1310. The number of carbonyl (C=O) groups excluding carboxylic acids is 2. The lowest BCUT2D eigenvalue weighted by molar-refractivity contribution is -0.156. The minimum absolute atomic E-state index is 0.104. The summed E-state index contributed by atoms with van der Waals surface area (Å²) in [6, 6.07) is 14.1. The van der Waals surface area contributed by atoms with Crippen LogP contribution in [0.4, 0.5) is 8.78 Å². The molecule has 1 aromatic heterocycles. The number of imidazole rings is 1. The Labute approximate surface area is 215 Å². The second-order valence-electron chi connectivity index (χ2n) is 10.4. The maximum atomic E-state index is 13.5. The van der Waals surface area contributed by atoms with Crippen LogP contribution in [0.15, 0.2) is 48.7 Å². The molecule has 0 spiro atoms. The third-order valence-electron chi connectivity index (χ3n) is 7.66. The molecular formula is C29H32F2N4O2. The molecule has 3 aromatic rings. The number of alkyl halides is 2. The summed E-state index contributed by atoms with van der Waals surface area (Å²) in [4.78, 5) is 36.9. The van der Waals surface area contributed by atoms with E-state index in [2.05, 4.69) is 49.2 Å². The smallest absolute Gasteiger partial charge is 0.312 e. The molecule has 2 aliphatic heterocycles. The number of amides is 2. The number of benzene rings is 2. The van der Waals surface area contributed by atoms with Crippen LogP contribution in [0.1, 0.15) is 55.6 Å². The van der Waals surface area contributed by atoms with Gasteiger partial charge >= 0.3 is 11.8 Å². The highest BCUT2D eigenvalue weighted by Gasteiger charge is 2.43. The zero-order chi connectivity index (χ0) is 26.3. The third-order valence-corrected chi connectivity index (χ3v) is 7.66. The third kappa shape index (κ3) is 5.02. The Hall–Kier alpha value is -3.55.